The van der Waals surface area contributed by atoms with E-state index in [1.54, 1.807) is 24.6 Å². The van der Waals surface area contributed by atoms with Gasteiger partial charge in [-0.15, -0.1) is 11.3 Å². The summed E-state index contributed by atoms with van der Waals surface area (Å²) < 4.78 is 5.11. The van der Waals surface area contributed by atoms with Crippen molar-refractivity contribution in [3.05, 3.63) is 35.8 Å². The fourth-order valence-electron chi connectivity index (χ4n) is 1.30. The van der Waals surface area contributed by atoms with Crippen LogP contribution in [0.15, 0.2) is 35.8 Å². The van der Waals surface area contributed by atoms with Gasteiger partial charge in [0.25, 0.3) is 0 Å². The lowest BCUT2D eigenvalue weighted by molar-refractivity contribution is 0.415. The van der Waals surface area contributed by atoms with Gasteiger partial charge in [-0.25, -0.2) is 4.98 Å². The number of nitrogens with zero attached hydrogens (tertiary/aromatic N) is 2. The van der Waals surface area contributed by atoms with E-state index >= 15 is 0 Å². The summed E-state index contributed by atoms with van der Waals surface area (Å²) in [6.45, 7) is 0. The molecule has 0 N–H and O–H groups in total. The Labute approximate surface area is 93.0 Å². The molecule has 2 aromatic rings. The molecular weight excluding hydrogens is 208 g/mol. The molecule has 0 aliphatic heterocycles. The third-order valence-electron chi connectivity index (χ3n) is 2.17. The molecule has 0 spiro atoms. The van der Waals surface area contributed by atoms with Crippen molar-refractivity contribution < 1.29 is 4.74 Å². The standard InChI is InChI=1S/C11H12N2OS/c1-13(11-12-7-8-15-11)9-3-5-10(14-2)6-4-9/h3-8H,1-2H3. The lowest BCUT2D eigenvalue weighted by Crippen LogP contribution is -2.08. The van der Waals surface area contributed by atoms with Crippen molar-refractivity contribution in [3.8, 4) is 5.75 Å². The van der Waals surface area contributed by atoms with E-state index in [1.165, 1.54) is 0 Å². The van der Waals surface area contributed by atoms with Crippen LogP contribution in [0.4, 0.5) is 10.8 Å². The number of hydrogen-bond donors (Lipinski definition) is 0. The largest absolute Gasteiger partial charge is 0.497 e. The minimum Gasteiger partial charge on any atom is -0.497 e. The average Bonchev–Trinajstić information content (AvgIpc) is 2.82. The first-order valence-electron chi connectivity index (χ1n) is 4.58. The van der Waals surface area contributed by atoms with Gasteiger partial charge in [-0.2, -0.15) is 0 Å². The number of methoxy groups -OCH3 is 1. The van der Waals surface area contributed by atoms with Crippen LogP contribution in [0.2, 0.25) is 0 Å². The highest BCUT2D eigenvalue weighted by atomic mass is 32.1. The van der Waals surface area contributed by atoms with E-state index in [1.807, 2.05) is 41.6 Å². The molecule has 2 rings (SSSR count). The molecule has 78 valence electrons. The van der Waals surface area contributed by atoms with E-state index in [4.69, 9.17) is 4.74 Å². The van der Waals surface area contributed by atoms with Gasteiger partial charge in [0.15, 0.2) is 5.13 Å². The van der Waals surface area contributed by atoms with Crippen LogP contribution in [-0.4, -0.2) is 19.1 Å². The van der Waals surface area contributed by atoms with Crippen LogP contribution >= 0.6 is 11.3 Å². The minimum atomic E-state index is 0.867. The molecular formula is C11H12N2OS. The van der Waals surface area contributed by atoms with Crippen LogP contribution in [0.5, 0.6) is 5.75 Å². The Kier molecular flexibility index (Phi) is 2.87. The molecule has 0 atom stereocenters. The summed E-state index contributed by atoms with van der Waals surface area (Å²) in [5, 5.41) is 2.95. The number of anilines is 2. The highest BCUT2D eigenvalue weighted by Crippen LogP contribution is 2.26. The van der Waals surface area contributed by atoms with Crippen molar-refractivity contribution >= 4 is 22.2 Å². The summed E-state index contributed by atoms with van der Waals surface area (Å²) in [6, 6.07) is 7.92. The molecule has 0 aliphatic rings. The number of thiazole rings is 1. The summed E-state index contributed by atoms with van der Waals surface area (Å²) in [4.78, 5) is 6.29. The van der Waals surface area contributed by atoms with Gasteiger partial charge < -0.3 is 9.64 Å². The van der Waals surface area contributed by atoms with Crippen molar-refractivity contribution in [2.45, 2.75) is 0 Å². The zero-order chi connectivity index (χ0) is 10.7. The monoisotopic (exact) mass is 220 g/mol. The molecule has 3 nitrogen and oxygen atoms in total. The Bertz CT molecular complexity index is 411. The van der Waals surface area contributed by atoms with Crippen molar-refractivity contribution in [1.82, 2.24) is 4.98 Å². The van der Waals surface area contributed by atoms with Crippen LogP contribution in [0.25, 0.3) is 0 Å². The summed E-state index contributed by atoms with van der Waals surface area (Å²) in [7, 11) is 3.67. The van der Waals surface area contributed by atoms with Crippen molar-refractivity contribution in [1.29, 1.82) is 0 Å². The van der Waals surface area contributed by atoms with Gasteiger partial charge in [-0.1, -0.05) is 0 Å². The topological polar surface area (TPSA) is 25.4 Å². The van der Waals surface area contributed by atoms with E-state index < -0.39 is 0 Å². The fourth-order valence-corrected chi connectivity index (χ4v) is 1.93. The smallest absolute Gasteiger partial charge is 0.189 e. The lowest BCUT2D eigenvalue weighted by atomic mass is 10.3. The normalized spacial score (nSPS) is 10.0. The number of rotatable bonds is 3. The van der Waals surface area contributed by atoms with E-state index in [0.717, 1.165) is 16.6 Å². The maximum atomic E-state index is 5.11. The number of aromatic nitrogens is 1. The van der Waals surface area contributed by atoms with E-state index in [-0.39, 0.29) is 0 Å². The zero-order valence-corrected chi connectivity index (χ0v) is 9.49. The highest BCUT2D eigenvalue weighted by molar-refractivity contribution is 7.13. The quantitative estimate of drug-likeness (QED) is 0.795. The molecule has 1 heterocycles. The molecule has 0 saturated heterocycles. The molecule has 0 fully saturated rings. The molecule has 0 aliphatic carbocycles. The summed E-state index contributed by atoms with van der Waals surface area (Å²) in [5.41, 5.74) is 1.10. The first-order chi connectivity index (χ1) is 7.31. The predicted octanol–water partition coefficient (Wildman–Crippen LogP) is 2.92. The molecule has 1 aromatic heterocycles. The summed E-state index contributed by atoms with van der Waals surface area (Å²) in [5.74, 6) is 0.867. The predicted molar refractivity (Wildman–Crippen MR) is 63.2 cm³/mol. The van der Waals surface area contributed by atoms with Crippen LogP contribution in [0.3, 0.4) is 0 Å². The zero-order valence-electron chi connectivity index (χ0n) is 8.68. The van der Waals surface area contributed by atoms with Gasteiger partial charge >= 0.3 is 0 Å². The van der Waals surface area contributed by atoms with Crippen LogP contribution in [0.1, 0.15) is 0 Å². The second-order valence-corrected chi connectivity index (χ2v) is 3.94. The van der Waals surface area contributed by atoms with E-state index in [0.29, 0.717) is 0 Å². The average molecular weight is 220 g/mol. The van der Waals surface area contributed by atoms with Crippen molar-refractivity contribution in [2.75, 3.05) is 19.1 Å². The van der Waals surface area contributed by atoms with Gasteiger partial charge in [-0.05, 0) is 24.3 Å². The molecule has 0 unspecified atom stereocenters. The van der Waals surface area contributed by atoms with Gasteiger partial charge in [0.2, 0.25) is 0 Å². The van der Waals surface area contributed by atoms with Crippen LogP contribution < -0.4 is 9.64 Å². The first-order valence-corrected chi connectivity index (χ1v) is 5.46. The Balaban J connectivity index is 2.22. The molecule has 1 aromatic carbocycles. The molecule has 0 radical (unpaired) electrons. The van der Waals surface area contributed by atoms with Crippen LogP contribution in [0, 0.1) is 0 Å². The number of benzene rings is 1. The lowest BCUT2D eigenvalue weighted by Gasteiger charge is -2.15. The Morgan fingerprint density at radius 1 is 1.27 bits per heavy atom. The Morgan fingerprint density at radius 3 is 2.53 bits per heavy atom. The molecule has 0 saturated carbocycles. The molecule has 0 bridgehead atoms. The second kappa shape index (κ2) is 4.31. The van der Waals surface area contributed by atoms with Gasteiger partial charge in [-0.3, -0.25) is 0 Å². The fraction of sp³-hybridized carbons (Fsp3) is 0.182. The summed E-state index contributed by atoms with van der Waals surface area (Å²) in [6.07, 6.45) is 1.81. The van der Waals surface area contributed by atoms with E-state index in [9.17, 15) is 0 Å². The molecule has 15 heavy (non-hydrogen) atoms. The van der Waals surface area contributed by atoms with Gasteiger partial charge in [0, 0.05) is 24.3 Å². The second-order valence-electron chi connectivity index (χ2n) is 3.07. The molecule has 0 amide bonds. The Hall–Kier alpha value is -1.55. The Morgan fingerprint density at radius 2 is 2.00 bits per heavy atom. The van der Waals surface area contributed by atoms with E-state index in [2.05, 4.69) is 4.98 Å². The maximum absolute atomic E-state index is 5.11. The molecule has 4 heteroatoms. The SMILES string of the molecule is COc1ccc(N(C)c2nccs2)cc1. The highest BCUT2D eigenvalue weighted by Gasteiger charge is 2.05. The first kappa shape index (κ1) is 9.98. The number of hydrogen-bond acceptors (Lipinski definition) is 4. The summed E-state index contributed by atoms with van der Waals surface area (Å²) >= 11 is 1.62. The van der Waals surface area contributed by atoms with Crippen molar-refractivity contribution in [2.24, 2.45) is 0 Å². The third-order valence-corrected chi connectivity index (χ3v) is 3.01. The van der Waals surface area contributed by atoms with Crippen LogP contribution in [-0.2, 0) is 0 Å². The number of ether oxygens (including phenoxy) is 1. The minimum absolute atomic E-state index is 0.867. The van der Waals surface area contributed by atoms with Gasteiger partial charge in [0.05, 0.1) is 7.11 Å². The maximum Gasteiger partial charge on any atom is 0.189 e. The van der Waals surface area contributed by atoms with Gasteiger partial charge in [0.1, 0.15) is 5.75 Å². The third kappa shape index (κ3) is 2.10. The van der Waals surface area contributed by atoms with Crippen molar-refractivity contribution in [3.63, 3.8) is 0 Å².